The van der Waals surface area contributed by atoms with E-state index in [9.17, 15) is 22.4 Å². The van der Waals surface area contributed by atoms with Crippen LogP contribution in [0.2, 0.25) is 0 Å². The molecule has 0 bridgehead atoms. The standard InChI is InChI=1S/C22H28F4N4O2/c1-2-32-19(31)20(7-9-22(25,26)10-8-20)15-11-17-29-16(13-30(17)28-12-15)18(27)14-3-5-21(23,24)6-4-14/h11-14,18H,2-10,27H2,1H3. The Morgan fingerprint density at radius 1 is 1.16 bits per heavy atom. The van der Waals surface area contributed by atoms with Crippen molar-refractivity contribution in [3.63, 3.8) is 0 Å². The van der Waals surface area contributed by atoms with Gasteiger partial charge >= 0.3 is 5.97 Å². The Morgan fingerprint density at radius 3 is 2.41 bits per heavy atom. The van der Waals surface area contributed by atoms with Crippen LogP contribution in [-0.2, 0) is 14.9 Å². The fourth-order valence-electron chi connectivity index (χ4n) is 4.90. The molecule has 2 heterocycles. The number of halogens is 4. The molecular formula is C22H28F4N4O2. The SMILES string of the molecule is CCOC(=O)C1(c2cnn3cc(C(N)C4CCC(F)(F)CC4)nc3c2)CCC(F)(F)CC1. The predicted octanol–water partition coefficient (Wildman–Crippen LogP) is 4.56. The van der Waals surface area contributed by atoms with Crippen LogP contribution in [0.3, 0.4) is 0 Å². The summed E-state index contributed by atoms with van der Waals surface area (Å²) in [5, 5.41) is 4.33. The fourth-order valence-corrected chi connectivity index (χ4v) is 4.90. The number of nitrogens with two attached hydrogens (primary N) is 1. The quantitative estimate of drug-likeness (QED) is 0.527. The van der Waals surface area contributed by atoms with Crippen LogP contribution in [0.25, 0.3) is 5.65 Å². The minimum Gasteiger partial charge on any atom is -0.465 e. The van der Waals surface area contributed by atoms with E-state index in [1.807, 2.05) is 0 Å². The average Bonchev–Trinajstić information content (AvgIpc) is 3.17. The molecule has 2 aromatic rings. The van der Waals surface area contributed by atoms with Crippen molar-refractivity contribution >= 4 is 11.6 Å². The van der Waals surface area contributed by atoms with Crippen molar-refractivity contribution in [1.82, 2.24) is 14.6 Å². The maximum Gasteiger partial charge on any atom is 0.316 e. The van der Waals surface area contributed by atoms with Crippen molar-refractivity contribution in [2.45, 2.75) is 81.6 Å². The molecule has 4 rings (SSSR count). The lowest BCUT2D eigenvalue weighted by Gasteiger charge is -2.38. The number of alkyl halides is 4. The summed E-state index contributed by atoms with van der Waals surface area (Å²) in [6.45, 7) is 1.82. The summed E-state index contributed by atoms with van der Waals surface area (Å²) in [7, 11) is 0. The molecule has 6 nitrogen and oxygen atoms in total. The van der Waals surface area contributed by atoms with Gasteiger partial charge in [-0.05, 0) is 50.2 Å². The van der Waals surface area contributed by atoms with Crippen LogP contribution in [0.5, 0.6) is 0 Å². The summed E-state index contributed by atoms with van der Waals surface area (Å²) in [6, 6.07) is 1.15. The van der Waals surface area contributed by atoms with Crippen LogP contribution in [0.4, 0.5) is 17.6 Å². The Balaban J connectivity index is 1.62. The Morgan fingerprint density at radius 2 is 1.78 bits per heavy atom. The van der Waals surface area contributed by atoms with E-state index < -0.39 is 42.1 Å². The van der Waals surface area contributed by atoms with Gasteiger partial charge in [-0.1, -0.05) is 0 Å². The molecule has 10 heteroatoms. The second kappa shape index (κ2) is 8.28. The van der Waals surface area contributed by atoms with Gasteiger partial charge in [-0.3, -0.25) is 4.79 Å². The highest BCUT2D eigenvalue weighted by atomic mass is 19.3. The summed E-state index contributed by atoms with van der Waals surface area (Å²) in [5.41, 5.74) is 6.59. The summed E-state index contributed by atoms with van der Waals surface area (Å²) >= 11 is 0. The van der Waals surface area contributed by atoms with Gasteiger partial charge in [-0.2, -0.15) is 5.10 Å². The van der Waals surface area contributed by atoms with Crippen molar-refractivity contribution in [1.29, 1.82) is 0 Å². The number of hydrogen-bond donors (Lipinski definition) is 1. The second-order valence-electron chi connectivity index (χ2n) is 9.09. The minimum absolute atomic E-state index is 0.0416. The van der Waals surface area contributed by atoms with Gasteiger partial charge < -0.3 is 10.5 Å². The lowest BCUT2D eigenvalue weighted by atomic mass is 9.69. The van der Waals surface area contributed by atoms with Crippen LogP contribution >= 0.6 is 0 Å². The third-order valence-corrected chi connectivity index (χ3v) is 7.00. The van der Waals surface area contributed by atoms with E-state index in [-0.39, 0.29) is 38.2 Å². The van der Waals surface area contributed by atoms with E-state index in [1.54, 1.807) is 19.2 Å². The van der Waals surface area contributed by atoms with Gasteiger partial charge in [0.05, 0.1) is 36.2 Å². The second-order valence-corrected chi connectivity index (χ2v) is 9.09. The number of imidazole rings is 1. The first-order valence-corrected chi connectivity index (χ1v) is 11.1. The monoisotopic (exact) mass is 456 g/mol. The van der Waals surface area contributed by atoms with Crippen LogP contribution in [0.15, 0.2) is 18.5 Å². The van der Waals surface area contributed by atoms with Gasteiger partial charge in [0.25, 0.3) is 0 Å². The number of fused-ring (bicyclic) bond motifs is 1. The van der Waals surface area contributed by atoms with E-state index in [2.05, 4.69) is 10.1 Å². The topological polar surface area (TPSA) is 82.5 Å². The Kier molecular flexibility index (Phi) is 5.94. The molecule has 2 N–H and O–H groups in total. The molecule has 32 heavy (non-hydrogen) atoms. The summed E-state index contributed by atoms with van der Waals surface area (Å²) < 4.78 is 61.4. The van der Waals surface area contributed by atoms with Crippen molar-refractivity contribution < 1.29 is 27.1 Å². The van der Waals surface area contributed by atoms with Crippen molar-refractivity contribution in [3.05, 3.63) is 29.7 Å². The number of ether oxygens (including phenoxy) is 1. The van der Waals surface area contributed by atoms with Crippen LogP contribution in [-0.4, -0.2) is 39.0 Å². The molecule has 0 spiro atoms. The number of nitrogens with zero attached hydrogens (tertiary/aromatic N) is 3. The molecular weight excluding hydrogens is 428 g/mol. The summed E-state index contributed by atoms with van der Waals surface area (Å²) in [4.78, 5) is 17.4. The largest absolute Gasteiger partial charge is 0.465 e. The van der Waals surface area contributed by atoms with Crippen molar-refractivity contribution in [2.24, 2.45) is 11.7 Å². The van der Waals surface area contributed by atoms with Crippen LogP contribution < -0.4 is 5.73 Å². The first-order valence-electron chi connectivity index (χ1n) is 11.1. The molecule has 0 radical (unpaired) electrons. The zero-order valence-corrected chi connectivity index (χ0v) is 18.0. The van der Waals surface area contributed by atoms with Gasteiger partial charge in [0.15, 0.2) is 5.65 Å². The van der Waals surface area contributed by atoms with Gasteiger partial charge in [-0.25, -0.2) is 27.1 Å². The molecule has 0 saturated heterocycles. The highest BCUT2D eigenvalue weighted by Crippen LogP contribution is 2.46. The molecule has 0 amide bonds. The zero-order valence-electron chi connectivity index (χ0n) is 18.0. The van der Waals surface area contributed by atoms with Crippen molar-refractivity contribution in [3.8, 4) is 0 Å². The number of rotatable bonds is 5. The Hall–Kier alpha value is -2.23. The average molecular weight is 456 g/mol. The molecule has 2 aliphatic carbocycles. The molecule has 2 aromatic heterocycles. The smallest absolute Gasteiger partial charge is 0.316 e. The number of aromatic nitrogens is 3. The van der Waals surface area contributed by atoms with E-state index >= 15 is 0 Å². The lowest BCUT2D eigenvalue weighted by molar-refractivity contribution is -0.155. The van der Waals surface area contributed by atoms with Gasteiger partial charge in [0.2, 0.25) is 11.8 Å². The molecule has 176 valence electrons. The first-order chi connectivity index (χ1) is 15.1. The number of esters is 1. The Labute approximate surface area is 183 Å². The zero-order chi connectivity index (χ0) is 23.1. The molecule has 0 aromatic carbocycles. The number of carbonyl (C=O) groups excluding carboxylic acids is 1. The maximum absolute atomic E-state index is 13.8. The van der Waals surface area contributed by atoms with E-state index in [4.69, 9.17) is 10.5 Å². The summed E-state index contributed by atoms with van der Waals surface area (Å²) in [6.07, 6.45) is 2.51. The third kappa shape index (κ3) is 4.33. The Bertz CT molecular complexity index is 973. The molecule has 1 unspecified atom stereocenters. The molecule has 0 aliphatic heterocycles. The van der Waals surface area contributed by atoms with E-state index in [0.29, 0.717) is 29.7 Å². The number of hydrogen-bond acceptors (Lipinski definition) is 5. The predicted molar refractivity (Wildman–Crippen MR) is 109 cm³/mol. The van der Waals surface area contributed by atoms with Crippen LogP contribution in [0.1, 0.15) is 75.6 Å². The molecule has 2 saturated carbocycles. The van der Waals surface area contributed by atoms with E-state index in [0.717, 1.165) is 0 Å². The maximum atomic E-state index is 13.8. The first kappa shape index (κ1) is 22.9. The number of carbonyl (C=O) groups is 1. The molecule has 1 atom stereocenters. The third-order valence-electron chi connectivity index (χ3n) is 7.00. The van der Waals surface area contributed by atoms with Gasteiger partial charge in [0, 0.05) is 25.7 Å². The summed E-state index contributed by atoms with van der Waals surface area (Å²) in [5.74, 6) is -6.08. The van der Waals surface area contributed by atoms with Crippen LogP contribution in [0, 0.1) is 5.92 Å². The fraction of sp³-hybridized carbons (Fsp3) is 0.682. The van der Waals surface area contributed by atoms with E-state index in [1.165, 1.54) is 10.7 Å². The highest BCUT2D eigenvalue weighted by molar-refractivity contribution is 5.83. The van der Waals surface area contributed by atoms with Crippen molar-refractivity contribution in [2.75, 3.05) is 6.61 Å². The molecule has 2 aliphatic rings. The normalized spacial score (nSPS) is 23.7. The van der Waals surface area contributed by atoms with Gasteiger partial charge in [-0.15, -0.1) is 0 Å². The molecule has 2 fully saturated rings. The minimum atomic E-state index is -2.81. The highest BCUT2D eigenvalue weighted by Gasteiger charge is 2.50. The van der Waals surface area contributed by atoms with Gasteiger partial charge in [0.1, 0.15) is 0 Å². The lowest BCUT2D eigenvalue weighted by Crippen LogP contribution is -2.44.